The van der Waals surface area contributed by atoms with Crippen LogP contribution in [0.3, 0.4) is 0 Å². The molecule has 2 aromatic rings. The zero-order valence-electron chi connectivity index (χ0n) is 19.8. The van der Waals surface area contributed by atoms with E-state index >= 15 is 0 Å². The number of barbiturate groups is 1. The molecule has 0 unspecified atom stereocenters. The molecule has 0 aromatic heterocycles. The van der Waals surface area contributed by atoms with Crippen molar-refractivity contribution in [3.05, 3.63) is 62.6 Å². The second-order valence-corrected chi connectivity index (χ2v) is 10.2. The van der Waals surface area contributed by atoms with E-state index < -0.39 is 17.8 Å². The number of anilines is 2. The molecule has 2 aliphatic rings. The maximum atomic E-state index is 13.3. The maximum absolute atomic E-state index is 13.3. The molecule has 2 heterocycles. The van der Waals surface area contributed by atoms with Gasteiger partial charge in [-0.25, -0.2) is 9.69 Å². The van der Waals surface area contributed by atoms with Gasteiger partial charge in [0, 0.05) is 17.8 Å². The van der Waals surface area contributed by atoms with Crippen molar-refractivity contribution in [2.24, 2.45) is 0 Å². The molecule has 178 valence electrons. The molecule has 2 aromatic carbocycles. The molecule has 0 bridgehead atoms. The van der Waals surface area contributed by atoms with Gasteiger partial charge in [-0.2, -0.15) is 0 Å². The van der Waals surface area contributed by atoms with Crippen LogP contribution in [0, 0.1) is 6.92 Å². The Labute approximate surface area is 209 Å². The highest BCUT2D eigenvalue weighted by atomic mass is 35.5. The van der Waals surface area contributed by atoms with Gasteiger partial charge in [-0.1, -0.05) is 36.2 Å². The number of hydrogen-bond acceptors (Lipinski definition) is 4. The molecule has 4 amide bonds. The lowest BCUT2D eigenvalue weighted by Gasteiger charge is -2.47. The van der Waals surface area contributed by atoms with Crippen LogP contribution in [0.15, 0.2) is 35.9 Å². The van der Waals surface area contributed by atoms with E-state index in [0.717, 1.165) is 29.0 Å². The van der Waals surface area contributed by atoms with E-state index in [2.05, 4.69) is 44.0 Å². The molecule has 0 spiro atoms. The van der Waals surface area contributed by atoms with Crippen LogP contribution < -0.4 is 15.1 Å². The van der Waals surface area contributed by atoms with E-state index in [9.17, 15) is 14.4 Å². The third kappa shape index (κ3) is 3.99. The van der Waals surface area contributed by atoms with Gasteiger partial charge in [0.15, 0.2) is 0 Å². The van der Waals surface area contributed by atoms with Gasteiger partial charge in [0.2, 0.25) is 0 Å². The maximum Gasteiger partial charge on any atom is 0.336 e. The van der Waals surface area contributed by atoms with Crippen molar-refractivity contribution >= 4 is 58.5 Å². The number of halogens is 2. The number of carbonyl (C=O) groups is 3. The molecule has 2 aliphatic heterocycles. The van der Waals surface area contributed by atoms with Gasteiger partial charge in [-0.05, 0) is 87.1 Å². The standard InChI is InChI=1S/C26H27Cl2N3O3/c1-6-30-21-10-14(2)16(11-17(21)15(3)13-26(30,4)5)12-18-23(32)29-25(34)31(24(18)33)20-9-7-8-19(27)22(20)28/h7-12,15H,6,13H2,1-5H3,(H,29,32,34)/b18-12+/t15-/m1/s1. The highest BCUT2D eigenvalue weighted by Crippen LogP contribution is 2.44. The summed E-state index contributed by atoms with van der Waals surface area (Å²) in [6.45, 7) is 11.7. The number of carbonyl (C=O) groups excluding carboxylic acids is 3. The summed E-state index contributed by atoms with van der Waals surface area (Å²) in [5.41, 5.74) is 4.04. The largest absolute Gasteiger partial charge is 0.366 e. The van der Waals surface area contributed by atoms with Gasteiger partial charge >= 0.3 is 6.03 Å². The number of hydrogen-bond donors (Lipinski definition) is 1. The first-order valence-corrected chi connectivity index (χ1v) is 12.0. The van der Waals surface area contributed by atoms with Crippen molar-refractivity contribution in [2.75, 3.05) is 16.3 Å². The molecule has 1 saturated heterocycles. The number of urea groups is 1. The molecular formula is C26H27Cl2N3O3. The fourth-order valence-electron chi connectivity index (χ4n) is 5.10. The zero-order valence-corrected chi connectivity index (χ0v) is 21.3. The number of amides is 4. The van der Waals surface area contributed by atoms with Gasteiger partial charge in [0.05, 0.1) is 15.7 Å². The number of nitrogens with zero attached hydrogens (tertiary/aromatic N) is 2. The van der Waals surface area contributed by atoms with Crippen LogP contribution in [0.1, 0.15) is 56.7 Å². The normalized spacial score (nSPS) is 21.1. The van der Waals surface area contributed by atoms with Crippen molar-refractivity contribution in [1.82, 2.24) is 5.32 Å². The van der Waals surface area contributed by atoms with E-state index in [1.165, 1.54) is 17.3 Å². The minimum Gasteiger partial charge on any atom is -0.366 e. The fourth-order valence-corrected chi connectivity index (χ4v) is 5.48. The summed E-state index contributed by atoms with van der Waals surface area (Å²) in [6, 6.07) is 7.94. The Morgan fingerprint density at radius 3 is 2.53 bits per heavy atom. The van der Waals surface area contributed by atoms with Crippen LogP contribution in [0.4, 0.5) is 16.2 Å². The Kier molecular flexibility index (Phi) is 6.25. The summed E-state index contributed by atoms with van der Waals surface area (Å²) in [5, 5.41) is 2.50. The lowest BCUT2D eigenvalue weighted by atomic mass is 9.79. The van der Waals surface area contributed by atoms with Gasteiger partial charge in [0.1, 0.15) is 5.57 Å². The van der Waals surface area contributed by atoms with E-state index in [4.69, 9.17) is 23.2 Å². The number of benzene rings is 2. The van der Waals surface area contributed by atoms with Gasteiger partial charge < -0.3 is 4.90 Å². The third-order valence-corrected chi connectivity index (χ3v) is 7.47. The smallest absolute Gasteiger partial charge is 0.336 e. The van der Waals surface area contributed by atoms with Crippen molar-refractivity contribution in [3.63, 3.8) is 0 Å². The van der Waals surface area contributed by atoms with Crippen molar-refractivity contribution in [2.45, 2.75) is 52.5 Å². The summed E-state index contributed by atoms with van der Waals surface area (Å²) in [4.78, 5) is 41.8. The topological polar surface area (TPSA) is 69.7 Å². The number of aryl methyl sites for hydroxylation is 1. The molecule has 1 atom stereocenters. The number of fused-ring (bicyclic) bond motifs is 1. The highest BCUT2D eigenvalue weighted by Gasteiger charge is 2.39. The molecule has 0 radical (unpaired) electrons. The van der Waals surface area contributed by atoms with Crippen LogP contribution in [-0.2, 0) is 9.59 Å². The second-order valence-electron chi connectivity index (χ2n) is 9.46. The molecular weight excluding hydrogens is 473 g/mol. The minimum atomic E-state index is -0.868. The van der Waals surface area contributed by atoms with Crippen LogP contribution in [0.2, 0.25) is 10.0 Å². The van der Waals surface area contributed by atoms with Crippen LogP contribution in [0.25, 0.3) is 6.08 Å². The molecule has 1 fully saturated rings. The average Bonchev–Trinajstić information content (AvgIpc) is 2.74. The predicted octanol–water partition coefficient (Wildman–Crippen LogP) is 6.08. The molecule has 4 rings (SSSR count). The number of imide groups is 2. The van der Waals surface area contributed by atoms with Crippen LogP contribution >= 0.6 is 23.2 Å². The summed E-state index contributed by atoms with van der Waals surface area (Å²) in [6.07, 6.45) is 2.54. The first-order chi connectivity index (χ1) is 16.0. The van der Waals surface area contributed by atoms with Gasteiger partial charge in [-0.15, -0.1) is 0 Å². The van der Waals surface area contributed by atoms with Crippen molar-refractivity contribution in [1.29, 1.82) is 0 Å². The van der Waals surface area contributed by atoms with E-state index in [0.29, 0.717) is 5.92 Å². The quantitative estimate of drug-likeness (QED) is 0.410. The highest BCUT2D eigenvalue weighted by molar-refractivity contribution is 6.46. The second kappa shape index (κ2) is 8.75. The zero-order chi connectivity index (χ0) is 24.9. The van der Waals surface area contributed by atoms with E-state index in [1.54, 1.807) is 18.2 Å². The van der Waals surface area contributed by atoms with E-state index in [-0.39, 0.29) is 26.8 Å². The summed E-state index contributed by atoms with van der Waals surface area (Å²) >= 11 is 12.3. The van der Waals surface area contributed by atoms with E-state index in [1.807, 2.05) is 13.0 Å². The Bertz CT molecular complexity index is 1250. The molecule has 34 heavy (non-hydrogen) atoms. The minimum absolute atomic E-state index is 0.0316. The van der Waals surface area contributed by atoms with Crippen molar-refractivity contribution < 1.29 is 14.4 Å². The Balaban J connectivity index is 1.80. The van der Waals surface area contributed by atoms with Crippen LogP contribution in [0.5, 0.6) is 0 Å². The SMILES string of the molecule is CCN1c2cc(C)c(/C=C3\C(=O)NC(=O)N(c4cccc(Cl)c4Cl)C3=O)cc2[C@H](C)CC1(C)C. The third-order valence-electron chi connectivity index (χ3n) is 6.66. The molecule has 8 heteroatoms. The van der Waals surface area contributed by atoms with Gasteiger partial charge in [-0.3, -0.25) is 14.9 Å². The monoisotopic (exact) mass is 499 g/mol. The molecule has 1 N–H and O–H groups in total. The predicted molar refractivity (Wildman–Crippen MR) is 137 cm³/mol. The van der Waals surface area contributed by atoms with Crippen LogP contribution in [-0.4, -0.2) is 29.9 Å². The molecule has 0 aliphatic carbocycles. The Morgan fingerprint density at radius 2 is 1.85 bits per heavy atom. The van der Waals surface area contributed by atoms with Gasteiger partial charge in [0.25, 0.3) is 11.8 Å². The lowest BCUT2D eigenvalue weighted by molar-refractivity contribution is -0.122. The Hall–Kier alpha value is -2.83. The molecule has 0 saturated carbocycles. The summed E-state index contributed by atoms with van der Waals surface area (Å²) < 4.78 is 0. The first kappa shape index (κ1) is 24.3. The number of rotatable bonds is 3. The average molecular weight is 500 g/mol. The van der Waals surface area contributed by atoms with Crippen molar-refractivity contribution in [3.8, 4) is 0 Å². The first-order valence-electron chi connectivity index (χ1n) is 11.2. The summed E-state index contributed by atoms with van der Waals surface area (Å²) in [5.74, 6) is -1.19. The number of nitrogens with one attached hydrogen (secondary N) is 1. The lowest BCUT2D eigenvalue weighted by Crippen LogP contribution is -2.54. The Morgan fingerprint density at radius 1 is 1.15 bits per heavy atom. The molecule has 6 nitrogen and oxygen atoms in total. The summed E-state index contributed by atoms with van der Waals surface area (Å²) in [7, 11) is 0. The fraction of sp³-hybridized carbons (Fsp3) is 0.346.